The fourth-order valence-electron chi connectivity index (χ4n) is 5.56. The number of imide groups is 1. The van der Waals surface area contributed by atoms with Crippen LogP contribution in [0, 0.1) is 11.3 Å². The second kappa shape index (κ2) is 10.8. The van der Waals surface area contributed by atoms with Gasteiger partial charge in [-0.2, -0.15) is 0 Å². The minimum Gasteiger partial charge on any atom is -0.460 e. The Kier molecular flexibility index (Phi) is 7.95. The number of benzene rings is 1. The van der Waals surface area contributed by atoms with Crippen molar-refractivity contribution in [3.05, 3.63) is 29.8 Å². The van der Waals surface area contributed by atoms with Crippen molar-refractivity contribution in [2.75, 3.05) is 31.1 Å². The van der Waals surface area contributed by atoms with Gasteiger partial charge in [0.05, 0.1) is 11.3 Å². The molecule has 0 radical (unpaired) electrons. The summed E-state index contributed by atoms with van der Waals surface area (Å²) in [6.45, 7) is 10.6. The zero-order valence-corrected chi connectivity index (χ0v) is 22.7. The molecule has 8 nitrogen and oxygen atoms in total. The van der Waals surface area contributed by atoms with Crippen molar-refractivity contribution in [3.8, 4) is 0 Å². The molecule has 202 valence electrons. The standard InChI is InChI=1S/C29H41N3O5/c1-28(2,3)37-27(36)29(4)13-17-32(18-14-29)25(34)19-20-11-15-31(16-12-20)22-7-5-21(6-8-22)23-9-10-24(33)30-26(23)35/h5-8,20,23H,9-19H2,1-4H3,(H,30,33,35)/t23-/m0/s1. The molecule has 0 saturated carbocycles. The highest BCUT2D eigenvalue weighted by Crippen LogP contribution is 2.35. The summed E-state index contributed by atoms with van der Waals surface area (Å²) in [6.07, 6.45) is 4.70. The minimum atomic E-state index is -0.525. The van der Waals surface area contributed by atoms with Gasteiger partial charge < -0.3 is 14.5 Å². The lowest BCUT2D eigenvalue weighted by Crippen LogP contribution is -2.47. The number of anilines is 1. The van der Waals surface area contributed by atoms with E-state index in [-0.39, 0.29) is 29.6 Å². The van der Waals surface area contributed by atoms with Crippen LogP contribution in [-0.4, -0.2) is 60.4 Å². The predicted octanol–water partition coefficient (Wildman–Crippen LogP) is 3.78. The van der Waals surface area contributed by atoms with E-state index < -0.39 is 11.0 Å². The van der Waals surface area contributed by atoms with E-state index in [1.54, 1.807) is 0 Å². The van der Waals surface area contributed by atoms with E-state index in [0.29, 0.717) is 51.1 Å². The van der Waals surface area contributed by atoms with E-state index in [0.717, 1.165) is 37.2 Å². The molecule has 3 saturated heterocycles. The first-order valence-electron chi connectivity index (χ1n) is 13.6. The van der Waals surface area contributed by atoms with Crippen molar-refractivity contribution in [2.24, 2.45) is 11.3 Å². The third kappa shape index (κ3) is 6.70. The summed E-state index contributed by atoms with van der Waals surface area (Å²) < 4.78 is 5.61. The molecule has 1 aromatic carbocycles. The first kappa shape index (κ1) is 27.1. The fraction of sp³-hybridized carbons (Fsp3) is 0.655. The zero-order valence-electron chi connectivity index (χ0n) is 22.7. The number of nitrogens with one attached hydrogen (secondary N) is 1. The maximum absolute atomic E-state index is 13.0. The summed E-state index contributed by atoms with van der Waals surface area (Å²) in [7, 11) is 0. The molecule has 8 heteroatoms. The van der Waals surface area contributed by atoms with E-state index in [9.17, 15) is 19.2 Å². The number of hydrogen-bond donors (Lipinski definition) is 1. The maximum Gasteiger partial charge on any atom is 0.312 e. The number of carbonyl (C=O) groups excluding carboxylic acids is 4. The van der Waals surface area contributed by atoms with Crippen LogP contribution in [0.25, 0.3) is 0 Å². The summed E-state index contributed by atoms with van der Waals surface area (Å²) in [4.78, 5) is 53.5. The van der Waals surface area contributed by atoms with Crippen LogP contribution in [0.5, 0.6) is 0 Å². The van der Waals surface area contributed by atoms with Gasteiger partial charge in [-0.25, -0.2) is 0 Å². The summed E-state index contributed by atoms with van der Waals surface area (Å²) in [5.74, 6) is -0.273. The van der Waals surface area contributed by atoms with Crippen molar-refractivity contribution < 1.29 is 23.9 Å². The molecule has 1 aromatic rings. The molecule has 1 N–H and O–H groups in total. The van der Waals surface area contributed by atoms with E-state index in [1.807, 2.05) is 44.7 Å². The van der Waals surface area contributed by atoms with Gasteiger partial charge in [0.25, 0.3) is 0 Å². The first-order valence-corrected chi connectivity index (χ1v) is 13.6. The SMILES string of the molecule is CC(C)(C)OC(=O)C1(C)CCN(C(=O)CC2CCN(c3ccc([C@@H]4CCC(=O)NC4=O)cc3)CC2)CC1. The Morgan fingerprint density at radius 1 is 1.00 bits per heavy atom. The Bertz CT molecular complexity index is 1010. The quantitative estimate of drug-likeness (QED) is 0.477. The third-order valence-corrected chi connectivity index (χ3v) is 8.09. The molecule has 0 aliphatic carbocycles. The lowest BCUT2D eigenvalue weighted by molar-refractivity contribution is -0.170. The average molecular weight is 512 g/mol. The van der Waals surface area contributed by atoms with Crippen molar-refractivity contribution in [1.82, 2.24) is 10.2 Å². The van der Waals surface area contributed by atoms with Crippen molar-refractivity contribution in [3.63, 3.8) is 0 Å². The normalized spacial score (nSPS) is 23.0. The van der Waals surface area contributed by atoms with Crippen LogP contribution in [0.4, 0.5) is 5.69 Å². The molecule has 0 unspecified atom stereocenters. The van der Waals surface area contributed by atoms with Gasteiger partial charge in [-0.15, -0.1) is 0 Å². The van der Waals surface area contributed by atoms with Gasteiger partial charge in [-0.1, -0.05) is 12.1 Å². The molecule has 4 rings (SSSR count). The van der Waals surface area contributed by atoms with Crippen LogP contribution >= 0.6 is 0 Å². The Hall–Kier alpha value is -2.90. The monoisotopic (exact) mass is 511 g/mol. The molecule has 0 spiro atoms. The fourth-order valence-corrected chi connectivity index (χ4v) is 5.56. The predicted molar refractivity (Wildman–Crippen MR) is 141 cm³/mol. The Morgan fingerprint density at radius 2 is 1.62 bits per heavy atom. The molecule has 37 heavy (non-hydrogen) atoms. The highest BCUT2D eigenvalue weighted by molar-refractivity contribution is 6.00. The minimum absolute atomic E-state index is 0.162. The van der Waals surface area contributed by atoms with Crippen molar-refractivity contribution in [2.45, 2.75) is 84.2 Å². The summed E-state index contributed by atoms with van der Waals surface area (Å²) >= 11 is 0. The van der Waals surface area contributed by atoms with Gasteiger partial charge in [0, 0.05) is 44.7 Å². The van der Waals surface area contributed by atoms with Crippen LogP contribution in [0.1, 0.15) is 84.1 Å². The van der Waals surface area contributed by atoms with Gasteiger partial charge in [0.1, 0.15) is 5.60 Å². The van der Waals surface area contributed by atoms with E-state index >= 15 is 0 Å². The smallest absolute Gasteiger partial charge is 0.312 e. The molecule has 3 aliphatic rings. The van der Waals surface area contributed by atoms with Crippen LogP contribution < -0.4 is 10.2 Å². The number of likely N-dealkylation sites (tertiary alicyclic amines) is 1. The molecule has 0 aromatic heterocycles. The van der Waals surface area contributed by atoms with Crippen LogP contribution in [0.3, 0.4) is 0 Å². The summed E-state index contributed by atoms with van der Waals surface area (Å²) in [6, 6.07) is 8.10. The van der Waals surface area contributed by atoms with Gasteiger partial charge in [-0.05, 0) is 83.4 Å². The highest BCUT2D eigenvalue weighted by Gasteiger charge is 2.41. The third-order valence-electron chi connectivity index (χ3n) is 8.09. The van der Waals surface area contributed by atoms with E-state index in [1.165, 1.54) is 0 Å². The lowest BCUT2D eigenvalue weighted by Gasteiger charge is -2.40. The second-order valence-corrected chi connectivity index (χ2v) is 12.2. The molecule has 3 fully saturated rings. The van der Waals surface area contributed by atoms with Gasteiger partial charge in [-0.3, -0.25) is 24.5 Å². The molecular formula is C29H41N3O5. The summed E-state index contributed by atoms with van der Waals surface area (Å²) in [5.41, 5.74) is 1.04. The topological polar surface area (TPSA) is 96.0 Å². The first-order chi connectivity index (χ1) is 17.4. The Balaban J connectivity index is 1.22. The van der Waals surface area contributed by atoms with Crippen LogP contribution in [-0.2, 0) is 23.9 Å². The number of nitrogens with zero attached hydrogens (tertiary/aromatic N) is 2. The second-order valence-electron chi connectivity index (χ2n) is 12.2. The van der Waals surface area contributed by atoms with Crippen LogP contribution in [0.2, 0.25) is 0 Å². The molecule has 3 heterocycles. The number of esters is 1. The number of piperidine rings is 3. The molecule has 3 amide bonds. The van der Waals surface area contributed by atoms with E-state index in [4.69, 9.17) is 4.74 Å². The van der Waals surface area contributed by atoms with E-state index in [2.05, 4.69) is 22.3 Å². The van der Waals surface area contributed by atoms with Gasteiger partial charge in [0.15, 0.2) is 0 Å². The number of ether oxygens (including phenoxy) is 1. The Labute approximate surface area is 220 Å². The van der Waals surface area contributed by atoms with Crippen molar-refractivity contribution in [1.29, 1.82) is 0 Å². The van der Waals surface area contributed by atoms with Crippen LogP contribution in [0.15, 0.2) is 24.3 Å². The highest BCUT2D eigenvalue weighted by atomic mass is 16.6. The number of carbonyl (C=O) groups is 4. The number of hydrogen-bond acceptors (Lipinski definition) is 6. The van der Waals surface area contributed by atoms with Gasteiger partial charge in [0.2, 0.25) is 17.7 Å². The average Bonchev–Trinajstić information content (AvgIpc) is 2.84. The molecular weight excluding hydrogens is 470 g/mol. The molecule has 1 atom stereocenters. The Morgan fingerprint density at radius 3 is 2.19 bits per heavy atom. The molecule has 0 bridgehead atoms. The summed E-state index contributed by atoms with van der Waals surface area (Å²) in [5, 5.41) is 2.43. The lowest BCUT2D eigenvalue weighted by atomic mass is 9.80. The maximum atomic E-state index is 13.0. The number of rotatable bonds is 5. The zero-order chi connectivity index (χ0) is 26.8. The van der Waals surface area contributed by atoms with Gasteiger partial charge >= 0.3 is 5.97 Å². The number of amides is 3. The largest absolute Gasteiger partial charge is 0.460 e. The molecule has 3 aliphatic heterocycles. The van der Waals surface area contributed by atoms with Crippen molar-refractivity contribution >= 4 is 29.4 Å².